The summed E-state index contributed by atoms with van der Waals surface area (Å²) in [6.07, 6.45) is 5.92. The molecule has 0 fully saturated rings. The number of rotatable bonds is 11. The number of ether oxygens (including phenoxy) is 3. The minimum absolute atomic E-state index is 0.279. The Kier molecular flexibility index (Phi) is 10.5. The molecular weight excluding hydrogens is 426 g/mol. The summed E-state index contributed by atoms with van der Waals surface area (Å²) < 4.78 is 18.2. The average Bonchev–Trinajstić information content (AvgIpc) is 2.76. The van der Waals surface area contributed by atoms with E-state index >= 15 is 0 Å². The van der Waals surface area contributed by atoms with Crippen LogP contribution >= 0.6 is 0 Å². The van der Waals surface area contributed by atoms with E-state index in [0.29, 0.717) is 48.3 Å². The highest BCUT2D eigenvalue weighted by Gasteiger charge is 2.22. The molecule has 2 aromatic carbocycles. The highest BCUT2D eigenvalue weighted by Crippen LogP contribution is 2.41. The molecule has 34 heavy (non-hydrogen) atoms. The number of amides is 1. The zero-order valence-electron chi connectivity index (χ0n) is 21.5. The van der Waals surface area contributed by atoms with E-state index < -0.39 is 0 Å². The van der Waals surface area contributed by atoms with E-state index in [-0.39, 0.29) is 5.91 Å². The van der Waals surface area contributed by atoms with Gasteiger partial charge in [-0.15, -0.1) is 0 Å². The standard InChI is InChI=1S/C29H37NO4/c1-20(2)14-17-32-26-13-12-25(29(31)30-24-10-8-23(7)9-11-24)27(33-18-15-21(3)4)28(26)34-19-16-22(5)6/h8-16H,17-19H2,1-7H3,(H,30,31). The molecule has 0 heterocycles. The Balaban J connectivity index is 2.48. The molecule has 1 amide bonds. The van der Waals surface area contributed by atoms with Crippen LogP contribution in [-0.2, 0) is 0 Å². The van der Waals surface area contributed by atoms with Crippen molar-refractivity contribution in [3.05, 3.63) is 82.5 Å². The summed E-state index contributed by atoms with van der Waals surface area (Å²) in [6, 6.07) is 11.1. The van der Waals surface area contributed by atoms with Gasteiger partial charge in [0, 0.05) is 5.69 Å². The van der Waals surface area contributed by atoms with Gasteiger partial charge in [0.15, 0.2) is 11.5 Å². The smallest absolute Gasteiger partial charge is 0.259 e. The molecule has 0 unspecified atom stereocenters. The van der Waals surface area contributed by atoms with E-state index in [0.717, 1.165) is 22.3 Å². The number of hydrogen-bond acceptors (Lipinski definition) is 4. The average molecular weight is 464 g/mol. The van der Waals surface area contributed by atoms with Crippen LogP contribution in [0.4, 0.5) is 5.69 Å². The van der Waals surface area contributed by atoms with E-state index in [1.807, 2.05) is 91.0 Å². The SMILES string of the molecule is CC(C)=CCOc1ccc(C(=O)Nc2ccc(C)cc2)c(OCC=C(C)C)c1OCC=C(C)C. The van der Waals surface area contributed by atoms with Gasteiger partial charge in [0.2, 0.25) is 5.75 Å². The van der Waals surface area contributed by atoms with E-state index in [9.17, 15) is 4.79 Å². The molecule has 0 bridgehead atoms. The van der Waals surface area contributed by atoms with Gasteiger partial charge in [0.25, 0.3) is 5.91 Å². The molecule has 0 radical (unpaired) electrons. The molecule has 0 aliphatic carbocycles. The Labute approximate surface area is 204 Å². The van der Waals surface area contributed by atoms with Gasteiger partial charge in [-0.2, -0.15) is 0 Å². The van der Waals surface area contributed by atoms with Gasteiger partial charge in [0.1, 0.15) is 19.8 Å². The third-order valence-electron chi connectivity index (χ3n) is 4.80. The highest BCUT2D eigenvalue weighted by atomic mass is 16.5. The maximum Gasteiger partial charge on any atom is 0.259 e. The molecule has 0 aliphatic heterocycles. The Morgan fingerprint density at radius 2 is 1.21 bits per heavy atom. The van der Waals surface area contributed by atoms with Crippen molar-refractivity contribution in [3.8, 4) is 17.2 Å². The summed E-state index contributed by atoms with van der Waals surface area (Å²) in [5, 5.41) is 2.95. The fraction of sp³-hybridized carbons (Fsp3) is 0.345. The lowest BCUT2D eigenvalue weighted by molar-refractivity contribution is 0.102. The monoisotopic (exact) mass is 463 g/mol. The minimum Gasteiger partial charge on any atom is -0.485 e. The number of hydrogen-bond donors (Lipinski definition) is 1. The summed E-state index contributed by atoms with van der Waals surface area (Å²) >= 11 is 0. The lowest BCUT2D eigenvalue weighted by Crippen LogP contribution is -2.15. The molecule has 0 spiro atoms. The van der Waals surface area contributed by atoms with Crippen molar-refractivity contribution in [1.82, 2.24) is 0 Å². The summed E-state index contributed by atoms with van der Waals surface area (Å²) in [4.78, 5) is 13.2. The third kappa shape index (κ3) is 8.81. The van der Waals surface area contributed by atoms with Crippen LogP contribution in [0.5, 0.6) is 17.2 Å². The highest BCUT2D eigenvalue weighted by molar-refractivity contribution is 6.07. The van der Waals surface area contributed by atoms with Crippen LogP contribution in [-0.4, -0.2) is 25.7 Å². The molecule has 0 aromatic heterocycles. The van der Waals surface area contributed by atoms with Gasteiger partial charge in [-0.1, -0.05) is 34.4 Å². The Bertz CT molecular complexity index is 1050. The van der Waals surface area contributed by atoms with E-state index in [4.69, 9.17) is 14.2 Å². The maximum absolute atomic E-state index is 13.2. The number of benzene rings is 2. The first kappa shape index (κ1) is 26.8. The molecular formula is C29H37NO4. The van der Waals surface area contributed by atoms with Crippen molar-refractivity contribution in [3.63, 3.8) is 0 Å². The lowest BCUT2D eigenvalue weighted by atomic mass is 10.1. The Morgan fingerprint density at radius 1 is 0.706 bits per heavy atom. The number of aryl methyl sites for hydroxylation is 1. The second-order valence-electron chi connectivity index (χ2n) is 8.87. The molecule has 0 saturated heterocycles. The third-order valence-corrected chi connectivity index (χ3v) is 4.80. The van der Waals surface area contributed by atoms with Crippen LogP contribution in [0, 0.1) is 6.92 Å². The molecule has 5 nitrogen and oxygen atoms in total. The van der Waals surface area contributed by atoms with Gasteiger partial charge in [-0.3, -0.25) is 4.79 Å². The predicted molar refractivity (Wildman–Crippen MR) is 140 cm³/mol. The van der Waals surface area contributed by atoms with Crippen molar-refractivity contribution in [1.29, 1.82) is 0 Å². The molecule has 1 N–H and O–H groups in total. The summed E-state index contributed by atoms with van der Waals surface area (Å²) in [6.45, 7) is 15.1. The predicted octanol–water partition coefficient (Wildman–Crippen LogP) is 7.28. The number of carbonyl (C=O) groups is 1. The van der Waals surface area contributed by atoms with Gasteiger partial charge in [-0.05, 0) is 91.0 Å². The van der Waals surface area contributed by atoms with Crippen molar-refractivity contribution < 1.29 is 19.0 Å². The van der Waals surface area contributed by atoms with Crippen LogP contribution < -0.4 is 19.5 Å². The quantitative estimate of drug-likeness (QED) is 0.356. The van der Waals surface area contributed by atoms with Crippen LogP contribution in [0.25, 0.3) is 0 Å². The molecule has 0 saturated carbocycles. The molecule has 0 aliphatic rings. The minimum atomic E-state index is -0.279. The number of nitrogens with one attached hydrogen (secondary N) is 1. The second kappa shape index (κ2) is 13.3. The van der Waals surface area contributed by atoms with Crippen molar-refractivity contribution in [2.24, 2.45) is 0 Å². The Hall–Kier alpha value is -3.47. The topological polar surface area (TPSA) is 56.8 Å². The van der Waals surface area contributed by atoms with Gasteiger partial charge < -0.3 is 19.5 Å². The number of allylic oxidation sites excluding steroid dienone is 3. The van der Waals surface area contributed by atoms with Crippen LogP contribution in [0.3, 0.4) is 0 Å². The van der Waals surface area contributed by atoms with E-state index in [1.165, 1.54) is 0 Å². The molecule has 0 atom stereocenters. The summed E-state index contributed by atoms with van der Waals surface area (Å²) in [5.74, 6) is 1.02. The van der Waals surface area contributed by atoms with Crippen LogP contribution in [0.1, 0.15) is 57.5 Å². The largest absolute Gasteiger partial charge is 0.485 e. The van der Waals surface area contributed by atoms with Gasteiger partial charge in [-0.25, -0.2) is 0 Å². The molecule has 2 rings (SSSR count). The van der Waals surface area contributed by atoms with Gasteiger partial charge in [0.05, 0.1) is 5.56 Å². The summed E-state index contributed by atoms with van der Waals surface area (Å²) in [5.41, 5.74) is 5.62. The fourth-order valence-corrected chi connectivity index (χ4v) is 2.83. The van der Waals surface area contributed by atoms with E-state index in [2.05, 4.69) is 5.32 Å². The first-order valence-electron chi connectivity index (χ1n) is 11.5. The van der Waals surface area contributed by atoms with Crippen LogP contribution in [0.15, 0.2) is 71.3 Å². The molecule has 182 valence electrons. The van der Waals surface area contributed by atoms with Crippen LogP contribution in [0.2, 0.25) is 0 Å². The lowest BCUT2D eigenvalue weighted by Gasteiger charge is -2.19. The Morgan fingerprint density at radius 3 is 1.74 bits per heavy atom. The molecule has 2 aromatic rings. The zero-order chi connectivity index (χ0) is 25.1. The van der Waals surface area contributed by atoms with E-state index in [1.54, 1.807) is 12.1 Å². The fourth-order valence-electron chi connectivity index (χ4n) is 2.83. The first-order valence-corrected chi connectivity index (χ1v) is 11.5. The normalized spacial score (nSPS) is 10.1. The first-order chi connectivity index (χ1) is 16.2. The summed E-state index contributed by atoms with van der Waals surface area (Å²) in [7, 11) is 0. The zero-order valence-corrected chi connectivity index (χ0v) is 21.5. The number of anilines is 1. The van der Waals surface area contributed by atoms with Crippen molar-refractivity contribution in [2.45, 2.75) is 48.5 Å². The van der Waals surface area contributed by atoms with Crippen molar-refractivity contribution >= 4 is 11.6 Å². The second-order valence-corrected chi connectivity index (χ2v) is 8.87. The number of carbonyl (C=O) groups excluding carboxylic acids is 1. The maximum atomic E-state index is 13.2. The molecule has 5 heteroatoms. The van der Waals surface area contributed by atoms with Crippen molar-refractivity contribution in [2.75, 3.05) is 25.1 Å². The van der Waals surface area contributed by atoms with Gasteiger partial charge >= 0.3 is 0 Å².